The van der Waals surface area contributed by atoms with Crippen LogP contribution in [0.15, 0.2) is 0 Å². The predicted molar refractivity (Wildman–Crippen MR) is 57.7 cm³/mol. The Morgan fingerprint density at radius 1 is 1.00 bits per heavy atom. The van der Waals surface area contributed by atoms with Crippen molar-refractivity contribution in [3.05, 3.63) is 0 Å². The molecule has 0 aromatic heterocycles. The van der Waals surface area contributed by atoms with Crippen molar-refractivity contribution in [1.29, 1.82) is 0 Å². The molecule has 0 saturated carbocycles. The van der Waals surface area contributed by atoms with Crippen molar-refractivity contribution in [2.24, 2.45) is 0 Å². The minimum Gasteiger partial charge on any atom is -0.396 e. The summed E-state index contributed by atoms with van der Waals surface area (Å²) in [6.45, 7) is 4.58. The standard InChI is InChI=1S/C9H21O5P/c1-3-12-15(11,13-4-2)14-9-7-5-6-8-10/h10H,3-9H2,1-2H3. The third-order valence-corrected chi connectivity index (χ3v) is 3.27. The van der Waals surface area contributed by atoms with Gasteiger partial charge in [-0.2, -0.15) is 0 Å². The first-order valence-corrected chi connectivity index (χ1v) is 6.79. The molecule has 0 unspecified atom stereocenters. The zero-order valence-corrected chi connectivity index (χ0v) is 10.4. The van der Waals surface area contributed by atoms with Gasteiger partial charge in [0.2, 0.25) is 0 Å². The summed E-state index contributed by atoms with van der Waals surface area (Å²) in [5, 5.41) is 8.55. The Morgan fingerprint density at radius 2 is 1.60 bits per heavy atom. The van der Waals surface area contributed by atoms with Crippen LogP contribution >= 0.6 is 7.82 Å². The molecule has 0 aliphatic heterocycles. The van der Waals surface area contributed by atoms with E-state index in [-0.39, 0.29) is 6.61 Å². The SMILES string of the molecule is CCOP(=O)(OCC)OCCCCCO. The van der Waals surface area contributed by atoms with E-state index in [1.165, 1.54) is 0 Å². The van der Waals surface area contributed by atoms with E-state index in [2.05, 4.69) is 0 Å². The van der Waals surface area contributed by atoms with Gasteiger partial charge in [0.25, 0.3) is 0 Å². The summed E-state index contributed by atoms with van der Waals surface area (Å²) in [5.74, 6) is 0. The molecule has 0 saturated heterocycles. The number of aliphatic hydroxyl groups is 1. The number of hydrogen-bond donors (Lipinski definition) is 1. The topological polar surface area (TPSA) is 65.0 Å². The van der Waals surface area contributed by atoms with Gasteiger partial charge in [0.15, 0.2) is 0 Å². The number of phosphoric ester groups is 1. The zero-order chi connectivity index (χ0) is 11.6. The Labute approximate surface area is 91.3 Å². The van der Waals surface area contributed by atoms with E-state index in [0.29, 0.717) is 19.8 Å². The summed E-state index contributed by atoms with van der Waals surface area (Å²) in [6.07, 6.45) is 2.32. The molecule has 0 fully saturated rings. The summed E-state index contributed by atoms with van der Waals surface area (Å²) in [4.78, 5) is 0. The van der Waals surface area contributed by atoms with E-state index < -0.39 is 7.82 Å². The van der Waals surface area contributed by atoms with Crippen molar-refractivity contribution in [1.82, 2.24) is 0 Å². The number of hydrogen-bond acceptors (Lipinski definition) is 5. The minimum atomic E-state index is -3.33. The summed E-state index contributed by atoms with van der Waals surface area (Å²) in [6, 6.07) is 0. The highest BCUT2D eigenvalue weighted by molar-refractivity contribution is 7.48. The first-order chi connectivity index (χ1) is 7.18. The third kappa shape index (κ3) is 7.94. The Balaban J connectivity index is 3.71. The number of aliphatic hydroxyl groups excluding tert-OH is 1. The molecule has 0 bridgehead atoms. The molecule has 0 aromatic rings. The van der Waals surface area contributed by atoms with Crippen LogP contribution in [0.5, 0.6) is 0 Å². The van der Waals surface area contributed by atoms with E-state index in [1.807, 2.05) is 0 Å². The van der Waals surface area contributed by atoms with E-state index >= 15 is 0 Å². The van der Waals surface area contributed by atoms with Gasteiger partial charge in [0, 0.05) is 6.61 Å². The molecule has 6 heteroatoms. The molecule has 0 aromatic carbocycles. The molecule has 0 aliphatic rings. The van der Waals surface area contributed by atoms with Crippen LogP contribution in [0.3, 0.4) is 0 Å². The molecule has 0 spiro atoms. The van der Waals surface area contributed by atoms with Crippen molar-refractivity contribution in [2.75, 3.05) is 26.4 Å². The lowest BCUT2D eigenvalue weighted by Gasteiger charge is -2.15. The van der Waals surface area contributed by atoms with Gasteiger partial charge in [-0.15, -0.1) is 0 Å². The lowest BCUT2D eigenvalue weighted by atomic mass is 10.2. The number of unbranched alkanes of at least 4 members (excludes halogenated alkanes) is 2. The largest absolute Gasteiger partial charge is 0.474 e. The number of phosphoric acid groups is 1. The quantitative estimate of drug-likeness (QED) is 0.469. The fourth-order valence-electron chi connectivity index (χ4n) is 0.995. The normalized spacial score (nSPS) is 11.9. The van der Waals surface area contributed by atoms with Gasteiger partial charge in [0.1, 0.15) is 0 Å². The molecular formula is C9H21O5P. The summed E-state index contributed by atoms with van der Waals surface area (Å²) < 4.78 is 26.7. The molecule has 5 nitrogen and oxygen atoms in total. The van der Waals surface area contributed by atoms with Gasteiger partial charge >= 0.3 is 7.82 Å². The summed E-state index contributed by atoms with van der Waals surface area (Å²) in [7, 11) is -3.33. The zero-order valence-electron chi connectivity index (χ0n) is 9.48. The van der Waals surface area contributed by atoms with Gasteiger partial charge < -0.3 is 5.11 Å². The van der Waals surface area contributed by atoms with E-state index in [1.54, 1.807) is 13.8 Å². The molecule has 92 valence electrons. The van der Waals surface area contributed by atoms with Gasteiger partial charge in [-0.3, -0.25) is 13.6 Å². The summed E-state index contributed by atoms with van der Waals surface area (Å²) >= 11 is 0. The molecular weight excluding hydrogens is 219 g/mol. The van der Waals surface area contributed by atoms with Crippen LogP contribution in [0.4, 0.5) is 0 Å². The second-order valence-electron chi connectivity index (χ2n) is 2.90. The fourth-order valence-corrected chi connectivity index (χ4v) is 2.20. The molecule has 0 aliphatic carbocycles. The van der Waals surface area contributed by atoms with Gasteiger partial charge in [0.05, 0.1) is 19.8 Å². The van der Waals surface area contributed by atoms with Crippen LogP contribution in [0.25, 0.3) is 0 Å². The van der Waals surface area contributed by atoms with Crippen LogP contribution in [0, 0.1) is 0 Å². The molecule has 0 heterocycles. The van der Waals surface area contributed by atoms with Crippen LogP contribution in [-0.4, -0.2) is 31.5 Å². The Kier molecular flexibility index (Phi) is 9.35. The van der Waals surface area contributed by atoms with Gasteiger partial charge in [-0.05, 0) is 33.1 Å². The minimum absolute atomic E-state index is 0.175. The second-order valence-corrected chi connectivity index (χ2v) is 4.57. The smallest absolute Gasteiger partial charge is 0.396 e. The fraction of sp³-hybridized carbons (Fsp3) is 1.00. The maximum Gasteiger partial charge on any atom is 0.474 e. The molecule has 15 heavy (non-hydrogen) atoms. The molecule has 1 N–H and O–H groups in total. The van der Waals surface area contributed by atoms with Gasteiger partial charge in [-0.25, -0.2) is 4.57 Å². The first kappa shape index (κ1) is 15.1. The van der Waals surface area contributed by atoms with Crippen LogP contribution in [-0.2, 0) is 18.1 Å². The highest BCUT2D eigenvalue weighted by Gasteiger charge is 2.24. The molecule has 0 atom stereocenters. The van der Waals surface area contributed by atoms with E-state index in [4.69, 9.17) is 18.7 Å². The molecule has 0 rings (SSSR count). The Bertz CT molecular complexity index is 175. The van der Waals surface area contributed by atoms with E-state index in [9.17, 15) is 4.57 Å². The van der Waals surface area contributed by atoms with Crippen molar-refractivity contribution in [3.63, 3.8) is 0 Å². The second kappa shape index (κ2) is 9.31. The predicted octanol–water partition coefficient (Wildman–Crippen LogP) is 2.35. The average molecular weight is 240 g/mol. The summed E-state index contributed by atoms with van der Waals surface area (Å²) in [5.41, 5.74) is 0. The lowest BCUT2D eigenvalue weighted by molar-refractivity contribution is 0.119. The van der Waals surface area contributed by atoms with Crippen LogP contribution < -0.4 is 0 Å². The third-order valence-electron chi connectivity index (χ3n) is 1.63. The Morgan fingerprint density at radius 3 is 2.07 bits per heavy atom. The maximum atomic E-state index is 11.7. The Hall–Kier alpha value is 0.0700. The lowest BCUT2D eigenvalue weighted by Crippen LogP contribution is -2.01. The van der Waals surface area contributed by atoms with Gasteiger partial charge in [-0.1, -0.05) is 0 Å². The van der Waals surface area contributed by atoms with Crippen molar-refractivity contribution >= 4 is 7.82 Å². The number of rotatable bonds is 10. The van der Waals surface area contributed by atoms with Crippen molar-refractivity contribution < 1.29 is 23.2 Å². The van der Waals surface area contributed by atoms with Crippen molar-refractivity contribution in [2.45, 2.75) is 33.1 Å². The van der Waals surface area contributed by atoms with Crippen LogP contribution in [0.1, 0.15) is 33.1 Å². The highest BCUT2D eigenvalue weighted by Crippen LogP contribution is 2.49. The first-order valence-electron chi connectivity index (χ1n) is 5.33. The maximum absolute atomic E-state index is 11.7. The van der Waals surface area contributed by atoms with E-state index in [0.717, 1.165) is 19.3 Å². The monoisotopic (exact) mass is 240 g/mol. The molecule has 0 radical (unpaired) electrons. The van der Waals surface area contributed by atoms with Crippen molar-refractivity contribution in [3.8, 4) is 0 Å². The molecule has 0 amide bonds. The van der Waals surface area contributed by atoms with Crippen LogP contribution in [0.2, 0.25) is 0 Å². The highest BCUT2D eigenvalue weighted by atomic mass is 31.2. The average Bonchev–Trinajstić information content (AvgIpc) is 2.18.